The second kappa shape index (κ2) is 7.05. The molecule has 0 amide bonds. The minimum Gasteiger partial charge on any atom is -0.598 e. The molecule has 130 valence electrons. The van der Waals surface area contributed by atoms with Crippen LogP contribution in [0.4, 0.5) is 8.78 Å². The Balaban J connectivity index is 2.16. The summed E-state index contributed by atoms with van der Waals surface area (Å²) >= 11 is -1.26. The number of alkyl halides is 2. The number of nitrogens with one attached hydrogen (secondary N) is 1. The Morgan fingerprint density at radius 2 is 2.04 bits per heavy atom. The van der Waals surface area contributed by atoms with E-state index in [4.69, 9.17) is 4.74 Å². The summed E-state index contributed by atoms with van der Waals surface area (Å²) < 4.78 is 49.0. The van der Waals surface area contributed by atoms with Gasteiger partial charge in [-0.2, -0.15) is 8.78 Å². The van der Waals surface area contributed by atoms with E-state index < -0.39 is 28.1 Å². The van der Waals surface area contributed by atoms with E-state index in [1.807, 2.05) is 27.7 Å². The monoisotopic (exact) mass is 345 g/mol. The van der Waals surface area contributed by atoms with Gasteiger partial charge in [0.25, 0.3) is 5.92 Å². The van der Waals surface area contributed by atoms with Gasteiger partial charge < -0.3 is 9.29 Å². The summed E-state index contributed by atoms with van der Waals surface area (Å²) in [5, 5.41) is 0. The Morgan fingerprint density at radius 3 is 2.61 bits per heavy atom. The molecule has 1 aromatic rings. The van der Waals surface area contributed by atoms with Gasteiger partial charge in [-0.15, -0.1) is 4.72 Å². The SMILES string of the molecule is C[C@@H](N[S@+]([O-])C(C)(C)C)c1cccc(C(F)(F)C2CCCO2)c1. The smallest absolute Gasteiger partial charge is 0.298 e. The summed E-state index contributed by atoms with van der Waals surface area (Å²) in [5.41, 5.74) is 0.648. The molecule has 1 aliphatic rings. The van der Waals surface area contributed by atoms with Crippen LogP contribution in [0, 0.1) is 0 Å². The fraction of sp³-hybridized carbons (Fsp3) is 0.647. The molecule has 1 aliphatic heterocycles. The number of ether oxygens (including phenoxy) is 1. The van der Waals surface area contributed by atoms with E-state index >= 15 is 0 Å². The number of hydrogen-bond acceptors (Lipinski definition) is 3. The lowest BCUT2D eigenvalue weighted by Crippen LogP contribution is -2.40. The van der Waals surface area contributed by atoms with Gasteiger partial charge in [0.05, 0.1) is 6.04 Å². The average molecular weight is 345 g/mol. The van der Waals surface area contributed by atoms with E-state index in [0.717, 1.165) is 0 Å². The Kier molecular flexibility index (Phi) is 5.72. The van der Waals surface area contributed by atoms with Gasteiger partial charge >= 0.3 is 0 Å². The van der Waals surface area contributed by atoms with E-state index in [1.54, 1.807) is 12.1 Å². The maximum atomic E-state index is 14.6. The van der Waals surface area contributed by atoms with Crippen LogP contribution in [0.15, 0.2) is 24.3 Å². The van der Waals surface area contributed by atoms with Crippen LogP contribution < -0.4 is 4.72 Å². The second-order valence-electron chi connectivity index (χ2n) is 6.97. The van der Waals surface area contributed by atoms with Gasteiger partial charge in [0.2, 0.25) is 0 Å². The van der Waals surface area contributed by atoms with Crippen LogP contribution in [0.5, 0.6) is 0 Å². The van der Waals surface area contributed by atoms with Crippen LogP contribution in [-0.2, 0) is 22.0 Å². The highest BCUT2D eigenvalue weighted by Gasteiger charge is 2.44. The molecule has 0 saturated carbocycles. The van der Waals surface area contributed by atoms with Crippen molar-refractivity contribution >= 4 is 11.4 Å². The quantitative estimate of drug-likeness (QED) is 0.818. The molecule has 6 heteroatoms. The molecule has 0 bridgehead atoms. The molecule has 0 aromatic heterocycles. The molecule has 1 heterocycles. The van der Waals surface area contributed by atoms with Crippen LogP contribution in [0.2, 0.25) is 0 Å². The number of benzene rings is 1. The highest BCUT2D eigenvalue weighted by Crippen LogP contribution is 2.38. The summed E-state index contributed by atoms with van der Waals surface area (Å²) in [7, 11) is 0. The number of rotatable bonds is 5. The van der Waals surface area contributed by atoms with Crippen molar-refractivity contribution in [3.8, 4) is 0 Å². The minimum atomic E-state index is -3.00. The fourth-order valence-corrected chi connectivity index (χ4v) is 3.28. The van der Waals surface area contributed by atoms with Gasteiger partial charge in [-0.1, -0.05) is 18.2 Å². The third-order valence-corrected chi connectivity index (χ3v) is 5.63. The maximum absolute atomic E-state index is 14.6. The lowest BCUT2D eigenvalue weighted by Gasteiger charge is -2.27. The van der Waals surface area contributed by atoms with Crippen molar-refractivity contribution in [1.29, 1.82) is 0 Å². The molecular formula is C17H25F2NO2S. The third-order valence-electron chi connectivity index (χ3n) is 3.95. The number of halogens is 2. The summed E-state index contributed by atoms with van der Waals surface area (Å²) in [6, 6.07) is 6.02. The first-order valence-electron chi connectivity index (χ1n) is 7.90. The molecule has 3 nitrogen and oxygen atoms in total. The van der Waals surface area contributed by atoms with Crippen LogP contribution in [0.3, 0.4) is 0 Å². The molecule has 23 heavy (non-hydrogen) atoms. The van der Waals surface area contributed by atoms with Crippen LogP contribution in [-0.4, -0.2) is 22.0 Å². The third kappa shape index (κ3) is 4.44. The number of hydrogen-bond donors (Lipinski definition) is 1. The highest BCUT2D eigenvalue weighted by molar-refractivity contribution is 7.90. The van der Waals surface area contributed by atoms with Crippen molar-refractivity contribution in [2.75, 3.05) is 6.61 Å². The van der Waals surface area contributed by atoms with Crippen molar-refractivity contribution in [3.63, 3.8) is 0 Å². The van der Waals surface area contributed by atoms with Crippen molar-refractivity contribution in [2.24, 2.45) is 0 Å². The van der Waals surface area contributed by atoms with E-state index in [9.17, 15) is 13.3 Å². The largest absolute Gasteiger partial charge is 0.598 e. The second-order valence-corrected chi connectivity index (χ2v) is 8.97. The summed E-state index contributed by atoms with van der Waals surface area (Å²) in [5.74, 6) is -3.00. The van der Waals surface area contributed by atoms with Gasteiger partial charge in [0, 0.05) is 23.5 Å². The first-order chi connectivity index (χ1) is 10.6. The zero-order chi connectivity index (χ0) is 17.3. The first kappa shape index (κ1) is 18.6. The van der Waals surface area contributed by atoms with E-state index in [2.05, 4.69) is 4.72 Å². The zero-order valence-corrected chi connectivity index (χ0v) is 14.9. The molecule has 0 aliphatic carbocycles. The van der Waals surface area contributed by atoms with Crippen molar-refractivity contribution in [1.82, 2.24) is 4.72 Å². The molecule has 1 saturated heterocycles. The van der Waals surface area contributed by atoms with Crippen LogP contribution >= 0.6 is 0 Å². The summed E-state index contributed by atoms with van der Waals surface area (Å²) in [4.78, 5) is 0. The predicted octanol–water partition coefficient (Wildman–Crippen LogP) is 4.07. The Labute approximate surface area is 140 Å². The Morgan fingerprint density at radius 1 is 1.35 bits per heavy atom. The molecule has 3 atom stereocenters. The minimum absolute atomic E-state index is 0.0444. The molecule has 1 fully saturated rings. The first-order valence-corrected chi connectivity index (χ1v) is 9.05. The standard InChI is InChI=1S/C17H25F2NO2S/c1-12(20-23(21)16(2,3)4)13-7-5-8-14(11-13)17(18,19)15-9-6-10-22-15/h5,7-8,11-12,15,20H,6,9-10H2,1-4H3/t12-,15?,23-/m1/s1. The van der Waals surface area contributed by atoms with Gasteiger partial charge in [-0.25, -0.2) is 0 Å². The van der Waals surface area contributed by atoms with Gasteiger partial charge in [-0.3, -0.25) is 0 Å². The molecule has 0 spiro atoms. The van der Waals surface area contributed by atoms with E-state index in [0.29, 0.717) is 25.0 Å². The fourth-order valence-electron chi connectivity index (χ4n) is 2.47. The molecule has 1 unspecified atom stereocenters. The lowest BCUT2D eigenvalue weighted by molar-refractivity contribution is -0.122. The highest BCUT2D eigenvalue weighted by atomic mass is 32.2. The molecule has 1 N–H and O–H groups in total. The summed E-state index contributed by atoms with van der Waals surface area (Å²) in [6.07, 6.45) is -0.00799. The van der Waals surface area contributed by atoms with Crippen molar-refractivity contribution in [3.05, 3.63) is 35.4 Å². The maximum Gasteiger partial charge on any atom is 0.298 e. The average Bonchev–Trinajstić information content (AvgIpc) is 3.01. The van der Waals surface area contributed by atoms with E-state index in [-0.39, 0.29) is 11.6 Å². The van der Waals surface area contributed by atoms with Crippen molar-refractivity contribution in [2.45, 2.75) is 63.4 Å². The van der Waals surface area contributed by atoms with Crippen LogP contribution in [0.25, 0.3) is 0 Å². The molecule has 2 rings (SSSR count). The lowest BCUT2D eigenvalue weighted by atomic mass is 9.97. The predicted molar refractivity (Wildman–Crippen MR) is 88.8 cm³/mol. The summed E-state index contributed by atoms with van der Waals surface area (Å²) in [6.45, 7) is 7.82. The molecular weight excluding hydrogens is 320 g/mol. The van der Waals surface area contributed by atoms with Crippen LogP contribution in [0.1, 0.15) is 57.7 Å². The Bertz CT molecular complexity index is 528. The molecule has 1 aromatic carbocycles. The normalized spacial score (nSPS) is 22.1. The van der Waals surface area contributed by atoms with Gasteiger partial charge in [-0.05, 0) is 52.2 Å². The van der Waals surface area contributed by atoms with Gasteiger partial charge in [0.1, 0.15) is 10.9 Å². The molecule has 0 radical (unpaired) electrons. The van der Waals surface area contributed by atoms with E-state index in [1.165, 1.54) is 12.1 Å². The van der Waals surface area contributed by atoms with Gasteiger partial charge in [0.15, 0.2) is 0 Å². The topological polar surface area (TPSA) is 44.3 Å². The van der Waals surface area contributed by atoms with Crippen molar-refractivity contribution < 1.29 is 18.1 Å². The Hall–Kier alpha value is -0.690. The zero-order valence-electron chi connectivity index (χ0n) is 14.1.